The monoisotopic (exact) mass is 218 g/mol. The summed E-state index contributed by atoms with van der Waals surface area (Å²) in [5.41, 5.74) is 8.18. The lowest BCUT2D eigenvalue weighted by Crippen LogP contribution is -2.33. The smallest absolute Gasteiger partial charge is 0.256 e. The number of benzene rings is 1. The molecule has 0 unspecified atom stereocenters. The average Bonchev–Trinajstić information content (AvgIpc) is 3.07. The lowest BCUT2D eigenvalue weighted by Gasteiger charge is -2.21. The zero-order valence-corrected chi connectivity index (χ0v) is 9.86. The molecule has 0 atom stereocenters. The molecule has 0 saturated heterocycles. The molecule has 1 aromatic rings. The molecule has 0 spiro atoms. The number of nitrogens with two attached hydrogens (primary N) is 1. The first-order valence-electron chi connectivity index (χ1n) is 5.81. The highest BCUT2D eigenvalue weighted by Crippen LogP contribution is 2.29. The third-order valence-corrected chi connectivity index (χ3v) is 3.14. The van der Waals surface area contributed by atoms with Crippen molar-refractivity contribution in [1.29, 1.82) is 0 Å². The lowest BCUT2D eigenvalue weighted by atomic mass is 10.1. The molecule has 1 aromatic carbocycles. The summed E-state index contributed by atoms with van der Waals surface area (Å²) in [4.78, 5) is 14.2. The second kappa shape index (κ2) is 4.16. The topological polar surface area (TPSA) is 46.3 Å². The van der Waals surface area contributed by atoms with Gasteiger partial charge in [-0.25, -0.2) is 0 Å². The minimum atomic E-state index is 0.0752. The molecule has 0 bridgehead atoms. The van der Waals surface area contributed by atoms with Gasteiger partial charge in [0.15, 0.2) is 0 Å². The van der Waals surface area contributed by atoms with Gasteiger partial charge in [0.1, 0.15) is 0 Å². The average molecular weight is 218 g/mol. The number of nitrogen functional groups attached to an aromatic ring is 1. The van der Waals surface area contributed by atoms with Gasteiger partial charge in [-0.15, -0.1) is 0 Å². The van der Waals surface area contributed by atoms with Crippen LogP contribution in [-0.2, 0) is 0 Å². The largest absolute Gasteiger partial charge is 0.398 e. The summed E-state index contributed by atoms with van der Waals surface area (Å²) < 4.78 is 0. The van der Waals surface area contributed by atoms with Crippen molar-refractivity contribution in [3.05, 3.63) is 29.3 Å². The maximum Gasteiger partial charge on any atom is 0.256 e. The molecule has 1 amide bonds. The molecule has 0 radical (unpaired) electrons. The van der Waals surface area contributed by atoms with E-state index in [4.69, 9.17) is 5.73 Å². The van der Waals surface area contributed by atoms with Crippen LogP contribution in [0.2, 0.25) is 0 Å². The Morgan fingerprint density at radius 3 is 2.75 bits per heavy atom. The van der Waals surface area contributed by atoms with E-state index in [-0.39, 0.29) is 5.91 Å². The number of hydrogen-bond acceptors (Lipinski definition) is 2. The first kappa shape index (κ1) is 11.0. The molecule has 0 aliphatic heterocycles. The predicted molar refractivity (Wildman–Crippen MR) is 65.3 cm³/mol. The molecule has 16 heavy (non-hydrogen) atoms. The van der Waals surface area contributed by atoms with Crippen molar-refractivity contribution < 1.29 is 4.79 Å². The number of amides is 1. The third-order valence-electron chi connectivity index (χ3n) is 3.14. The Kier molecular flexibility index (Phi) is 2.86. The zero-order chi connectivity index (χ0) is 11.7. The van der Waals surface area contributed by atoms with E-state index in [1.165, 1.54) is 0 Å². The second-order valence-electron chi connectivity index (χ2n) is 4.36. The number of anilines is 1. The van der Waals surface area contributed by atoms with Crippen molar-refractivity contribution in [3.8, 4) is 0 Å². The Hall–Kier alpha value is -1.51. The first-order valence-corrected chi connectivity index (χ1v) is 5.81. The number of rotatable bonds is 3. The van der Waals surface area contributed by atoms with Crippen molar-refractivity contribution in [2.75, 3.05) is 12.3 Å². The highest BCUT2D eigenvalue weighted by molar-refractivity contribution is 6.00. The second-order valence-corrected chi connectivity index (χ2v) is 4.36. The number of carbonyl (C=O) groups excluding carboxylic acids is 1. The molecule has 1 aliphatic rings. The highest BCUT2D eigenvalue weighted by Gasteiger charge is 2.32. The van der Waals surface area contributed by atoms with Crippen molar-refractivity contribution in [3.63, 3.8) is 0 Å². The Bertz CT molecular complexity index is 410. The Balaban J connectivity index is 2.28. The maximum atomic E-state index is 12.3. The maximum absolute atomic E-state index is 12.3. The van der Waals surface area contributed by atoms with Gasteiger partial charge in [-0.1, -0.05) is 12.1 Å². The number of para-hydroxylation sites is 1. The highest BCUT2D eigenvalue weighted by atomic mass is 16.2. The first-order chi connectivity index (χ1) is 7.65. The Labute approximate surface area is 96.2 Å². The van der Waals surface area contributed by atoms with E-state index in [0.29, 0.717) is 17.3 Å². The zero-order valence-electron chi connectivity index (χ0n) is 9.86. The Morgan fingerprint density at radius 1 is 1.50 bits per heavy atom. The van der Waals surface area contributed by atoms with E-state index < -0.39 is 0 Å². The Morgan fingerprint density at radius 2 is 2.19 bits per heavy atom. The molecular formula is C13H18N2O. The molecule has 2 N–H and O–H groups in total. The molecular weight excluding hydrogens is 200 g/mol. The van der Waals surface area contributed by atoms with Crippen LogP contribution < -0.4 is 5.73 Å². The summed E-state index contributed by atoms with van der Waals surface area (Å²) in [5, 5.41) is 0. The fourth-order valence-electron chi connectivity index (χ4n) is 1.98. The fourth-order valence-corrected chi connectivity index (χ4v) is 1.98. The summed E-state index contributed by atoms with van der Waals surface area (Å²) in [6.45, 7) is 4.71. The van der Waals surface area contributed by atoms with Crippen LogP contribution in [0.15, 0.2) is 18.2 Å². The van der Waals surface area contributed by atoms with E-state index in [1.54, 1.807) is 0 Å². The molecule has 1 saturated carbocycles. The van der Waals surface area contributed by atoms with Crippen molar-refractivity contribution >= 4 is 11.6 Å². The summed E-state index contributed by atoms with van der Waals surface area (Å²) >= 11 is 0. The van der Waals surface area contributed by atoms with E-state index in [1.807, 2.05) is 36.9 Å². The molecule has 3 nitrogen and oxygen atoms in total. The van der Waals surface area contributed by atoms with E-state index in [0.717, 1.165) is 24.9 Å². The number of nitrogens with zero attached hydrogens (tertiary/aromatic N) is 1. The molecule has 86 valence electrons. The summed E-state index contributed by atoms with van der Waals surface area (Å²) in [6, 6.07) is 6.08. The van der Waals surface area contributed by atoms with Crippen molar-refractivity contribution in [1.82, 2.24) is 4.90 Å². The fraction of sp³-hybridized carbons (Fsp3) is 0.462. The van der Waals surface area contributed by atoms with Gasteiger partial charge >= 0.3 is 0 Å². The van der Waals surface area contributed by atoms with Crippen LogP contribution in [0.3, 0.4) is 0 Å². The van der Waals surface area contributed by atoms with Crippen LogP contribution in [-0.4, -0.2) is 23.4 Å². The van der Waals surface area contributed by atoms with Crippen molar-refractivity contribution in [2.45, 2.75) is 32.7 Å². The lowest BCUT2D eigenvalue weighted by molar-refractivity contribution is 0.0753. The quantitative estimate of drug-likeness (QED) is 0.790. The molecule has 2 rings (SSSR count). The van der Waals surface area contributed by atoms with Crippen LogP contribution in [0, 0.1) is 6.92 Å². The van der Waals surface area contributed by atoms with Gasteiger partial charge in [-0.2, -0.15) is 0 Å². The summed E-state index contributed by atoms with van der Waals surface area (Å²) in [5.74, 6) is 0.0752. The van der Waals surface area contributed by atoms with E-state index >= 15 is 0 Å². The number of aryl methyl sites for hydroxylation is 1. The molecule has 1 fully saturated rings. The van der Waals surface area contributed by atoms with Gasteiger partial charge in [-0.3, -0.25) is 4.79 Å². The van der Waals surface area contributed by atoms with Gasteiger partial charge in [0.05, 0.1) is 5.56 Å². The SMILES string of the molecule is CCN(C(=O)c1cccc(C)c1N)C1CC1. The minimum Gasteiger partial charge on any atom is -0.398 e. The van der Waals surface area contributed by atoms with Gasteiger partial charge < -0.3 is 10.6 Å². The van der Waals surface area contributed by atoms with Gasteiger partial charge in [0, 0.05) is 18.3 Å². The molecule has 0 aromatic heterocycles. The van der Waals surface area contributed by atoms with Gasteiger partial charge in [0.2, 0.25) is 0 Å². The van der Waals surface area contributed by atoms with E-state index in [2.05, 4.69) is 0 Å². The van der Waals surface area contributed by atoms with Crippen molar-refractivity contribution in [2.24, 2.45) is 0 Å². The molecule has 3 heteroatoms. The normalized spacial score (nSPS) is 14.9. The van der Waals surface area contributed by atoms with Crippen LogP contribution in [0.4, 0.5) is 5.69 Å². The van der Waals surface area contributed by atoms with Gasteiger partial charge in [0.25, 0.3) is 5.91 Å². The predicted octanol–water partition coefficient (Wildman–Crippen LogP) is 2.20. The van der Waals surface area contributed by atoms with Gasteiger partial charge in [-0.05, 0) is 38.3 Å². The standard InChI is InChI=1S/C13H18N2O/c1-3-15(10-7-8-10)13(16)11-6-4-5-9(2)12(11)14/h4-6,10H,3,7-8,14H2,1-2H3. The summed E-state index contributed by atoms with van der Waals surface area (Å²) in [7, 11) is 0. The van der Waals surface area contributed by atoms with Crippen LogP contribution in [0.5, 0.6) is 0 Å². The molecule has 1 aliphatic carbocycles. The minimum absolute atomic E-state index is 0.0752. The van der Waals surface area contributed by atoms with E-state index in [9.17, 15) is 4.79 Å². The van der Waals surface area contributed by atoms with Crippen LogP contribution in [0.25, 0.3) is 0 Å². The van der Waals surface area contributed by atoms with Crippen LogP contribution >= 0.6 is 0 Å². The summed E-state index contributed by atoms with van der Waals surface area (Å²) in [6.07, 6.45) is 2.26. The number of hydrogen-bond donors (Lipinski definition) is 1. The number of carbonyl (C=O) groups is 1. The molecule has 0 heterocycles. The third kappa shape index (κ3) is 1.90. The van der Waals surface area contributed by atoms with Crippen LogP contribution in [0.1, 0.15) is 35.7 Å².